The van der Waals surface area contributed by atoms with E-state index in [0.29, 0.717) is 47.0 Å². The first-order valence-corrected chi connectivity index (χ1v) is 13.5. The number of ether oxygens (including phenoxy) is 2. The highest BCUT2D eigenvalue weighted by Crippen LogP contribution is 2.38. The van der Waals surface area contributed by atoms with E-state index in [1.165, 1.54) is 29.5 Å². The van der Waals surface area contributed by atoms with Crippen molar-refractivity contribution in [2.24, 2.45) is 4.99 Å². The van der Waals surface area contributed by atoms with Crippen molar-refractivity contribution in [2.75, 3.05) is 13.2 Å². The van der Waals surface area contributed by atoms with Crippen LogP contribution < -0.4 is 9.47 Å². The number of halogens is 2. The van der Waals surface area contributed by atoms with Crippen molar-refractivity contribution in [3.63, 3.8) is 0 Å². The van der Waals surface area contributed by atoms with E-state index in [1.807, 2.05) is 32.1 Å². The maximum Gasteiger partial charge on any atom is 0.266 e. The number of aryl methyl sites for hydroxylation is 1. The molecule has 4 rings (SSSR count). The number of aliphatic imine (C=N–C) groups is 1. The van der Waals surface area contributed by atoms with Crippen LogP contribution in [0, 0.1) is 16.3 Å². The molecule has 1 fully saturated rings. The Labute approximate surface area is 228 Å². The van der Waals surface area contributed by atoms with Gasteiger partial charge in [0.1, 0.15) is 12.4 Å². The quantitative estimate of drug-likeness (QED) is 0.196. The number of hydrogen-bond donors (Lipinski definition) is 0. The van der Waals surface area contributed by atoms with Gasteiger partial charge in [0.25, 0.3) is 5.91 Å². The van der Waals surface area contributed by atoms with E-state index in [9.17, 15) is 9.18 Å². The Kier molecular flexibility index (Phi) is 8.68. The van der Waals surface area contributed by atoms with Crippen LogP contribution in [0.15, 0.2) is 70.6 Å². The summed E-state index contributed by atoms with van der Waals surface area (Å²) < 4.78 is 26.2. The summed E-state index contributed by atoms with van der Waals surface area (Å²) in [6, 6.07) is 18.0. The maximum atomic E-state index is 13.3. The molecule has 1 saturated heterocycles. The number of carbonyl (C=O) groups excluding carboxylic acids is 1. The molecule has 1 amide bonds. The first-order valence-electron chi connectivity index (χ1n) is 11.6. The fraction of sp³-hybridized carbons (Fsp3) is 0.214. The minimum absolute atomic E-state index is 0.115. The topological polar surface area (TPSA) is 51.1 Å². The third-order valence-corrected chi connectivity index (χ3v) is 7.20. The maximum absolute atomic E-state index is 13.3. The van der Waals surface area contributed by atoms with Gasteiger partial charge in [-0.15, -0.1) is 0 Å². The van der Waals surface area contributed by atoms with Crippen LogP contribution in [-0.4, -0.2) is 29.1 Å². The van der Waals surface area contributed by atoms with E-state index < -0.39 is 0 Å². The standard InChI is InChI=1S/C28H26FIN2O3S/c1-4-32-27(33)25(36-28(32)31-22-12-10-21(29)11-13-22)16-20-14-23(30)26(24(15-20)34-5-2)35-17-19-8-6-18(3)7-9-19/h6-16H,4-5,17H2,1-3H3/b25-16+,31-28?. The number of nitrogens with zero attached hydrogens (tertiary/aromatic N) is 2. The van der Waals surface area contributed by atoms with E-state index in [4.69, 9.17) is 9.47 Å². The van der Waals surface area contributed by atoms with Crippen molar-refractivity contribution < 1.29 is 18.7 Å². The molecule has 0 bridgehead atoms. The Morgan fingerprint density at radius 3 is 2.44 bits per heavy atom. The van der Waals surface area contributed by atoms with Crippen LogP contribution in [0.4, 0.5) is 10.1 Å². The SMILES string of the molecule is CCOc1cc(/C=C2/SC(=Nc3ccc(F)cc3)N(CC)C2=O)cc(I)c1OCc1ccc(C)cc1. The lowest BCUT2D eigenvalue weighted by Gasteiger charge is -2.15. The first kappa shape index (κ1) is 26.2. The van der Waals surface area contributed by atoms with Crippen LogP contribution in [0.2, 0.25) is 0 Å². The highest BCUT2D eigenvalue weighted by atomic mass is 127. The number of benzene rings is 3. The summed E-state index contributed by atoms with van der Waals surface area (Å²) in [5.41, 5.74) is 3.70. The molecule has 3 aromatic carbocycles. The van der Waals surface area contributed by atoms with Crippen LogP contribution in [0.5, 0.6) is 11.5 Å². The smallest absolute Gasteiger partial charge is 0.266 e. The second-order valence-corrected chi connectivity index (χ2v) is 10.2. The molecule has 8 heteroatoms. The second-order valence-electron chi connectivity index (χ2n) is 8.07. The molecule has 0 aliphatic carbocycles. The Morgan fingerprint density at radius 1 is 1.06 bits per heavy atom. The normalized spacial score (nSPS) is 15.7. The van der Waals surface area contributed by atoms with E-state index in [1.54, 1.807) is 17.0 Å². The van der Waals surface area contributed by atoms with Crippen LogP contribution in [-0.2, 0) is 11.4 Å². The van der Waals surface area contributed by atoms with Gasteiger partial charge in [-0.2, -0.15) is 0 Å². The molecular weight excluding hydrogens is 590 g/mol. The molecule has 1 heterocycles. The molecule has 0 atom stereocenters. The minimum atomic E-state index is -0.326. The fourth-order valence-corrected chi connectivity index (χ4v) is 5.41. The molecule has 0 saturated carbocycles. The van der Waals surface area contributed by atoms with Crippen molar-refractivity contribution in [3.8, 4) is 11.5 Å². The number of thioether (sulfide) groups is 1. The van der Waals surface area contributed by atoms with Crippen molar-refractivity contribution in [1.82, 2.24) is 4.90 Å². The van der Waals surface area contributed by atoms with Crippen molar-refractivity contribution in [2.45, 2.75) is 27.4 Å². The zero-order valence-corrected chi connectivity index (χ0v) is 23.2. The summed E-state index contributed by atoms with van der Waals surface area (Å²) >= 11 is 3.54. The highest BCUT2D eigenvalue weighted by Gasteiger charge is 2.32. The van der Waals surface area contributed by atoms with Gasteiger partial charge in [-0.3, -0.25) is 9.69 Å². The lowest BCUT2D eigenvalue weighted by Crippen LogP contribution is -2.28. The zero-order valence-electron chi connectivity index (χ0n) is 20.3. The third-order valence-electron chi connectivity index (χ3n) is 5.39. The van der Waals surface area contributed by atoms with Crippen molar-refractivity contribution in [3.05, 3.63) is 91.6 Å². The molecule has 0 radical (unpaired) electrons. The fourth-order valence-electron chi connectivity index (χ4n) is 3.56. The Morgan fingerprint density at radius 2 is 1.78 bits per heavy atom. The van der Waals surface area contributed by atoms with E-state index in [0.717, 1.165) is 14.7 Å². The summed E-state index contributed by atoms with van der Waals surface area (Å²) in [4.78, 5) is 19.8. The molecule has 0 unspecified atom stereocenters. The molecule has 1 aliphatic heterocycles. The van der Waals surface area contributed by atoms with Gasteiger partial charge in [0, 0.05) is 6.54 Å². The average molecular weight is 616 g/mol. The number of amidine groups is 1. The highest BCUT2D eigenvalue weighted by molar-refractivity contribution is 14.1. The van der Waals surface area contributed by atoms with Crippen LogP contribution in [0.25, 0.3) is 6.08 Å². The molecule has 186 valence electrons. The minimum Gasteiger partial charge on any atom is -0.490 e. The number of amides is 1. The van der Waals surface area contributed by atoms with Gasteiger partial charge in [-0.05, 0) is 109 Å². The molecular formula is C28H26FIN2O3S. The van der Waals surface area contributed by atoms with Crippen LogP contribution in [0.3, 0.4) is 0 Å². The Balaban J connectivity index is 1.60. The summed E-state index contributed by atoms with van der Waals surface area (Å²) in [7, 11) is 0. The predicted octanol–water partition coefficient (Wildman–Crippen LogP) is 7.34. The van der Waals surface area contributed by atoms with Gasteiger partial charge in [0.2, 0.25) is 0 Å². The molecule has 0 spiro atoms. The van der Waals surface area contributed by atoms with Gasteiger partial charge < -0.3 is 9.47 Å². The molecule has 36 heavy (non-hydrogen) atoms. The van der Waals surface area contributed by atoms with E-state index in [-0.39, 0.29) is 11.7 Å². The summed E-state index contributed by atoms with van der Waals surface area (Å²) in [5.74, 6) is 0.870. The van der Waals surface area contributed by atoms with Gasteiger partial charge >= 0.3 is 0 Å². The molecule has 3 aromatic rings. The number of rotatable bonds is 8. The molecule has 5 nitrogen and oxygen atoms in total. The average Bonchev–Trinajstić information content (AvgIpc) is 3.14. The van der Waals surface area contributed by atoms with Crippen LogP contribution >= 0.6 is 34.4 Å². The van der Waals surface area contributed by atoms with Crippen molar-refractivity contribution in [1.29, 1.82) is 0 Å². The number of carbonyl (C=O) groups is 1. The van der Waals surface area contributed by atoms with Gasteiger partial charge in [0.15, 0.2) is 16.7 Å². The molecule has 0 N–H and O–H groups in total. The molecule has 0 aromatic heterocycles. The zero-order chi connectivity index (χ0) is 25.7. The van der Waals surface area contributed by atoms with Crippen molar-refractivity contribution >= 4 is 57.2 Å². The largest absolute Gasteiger partial charge is 0.490 e. The molecule has 1 aliphatic rings. The summed E-state index contributed by atoms with van der Waals surface area (Å²) in [6.45, 7) is 7.28. The lowest BCUT2D eigenvalue weighted by atomic mass is 10.1. The summed E-state index contributed by atoms with van der Waals surface area (Å²) in [5, 5.41) is 0.568. The van der Waals surface area contributed by atoms with Gasteiger partial charge in [0.05, 0.1) is 20.8 Å². The summed E-state index contributed by atoms with van der Waals surface area (Å²) in [6.07, 6.45) is 1.84. The van der Waals surface area contributed by atoms with Gasteiger partial charge in [-0.1, -0.05) is 29.8 Å². The monoisotopic (exact) mass is 616 g/mol. The predicted molar refractivity (Wildman–Crippen MR) is 152 cm³/mol. The number of hydrogen-bond acceptors (Lipinski definition) is 5. The Hall–Kier alpha value is -2.85. The van der Waals surface area contributed by atoms with E-state index >= 15 is 0 Å². The van der Waals surface area contributed by atoms with E-state index in [2.05, 4.69) is 58.8 Å². The second kappa shape index (κ2) is 11.9. The lowest BCUT2D eigenvalue weighted by molar-refractivity contribution is -0.122. The Bertz CT molecular complexity index is 1310. The number of likely N-dealkylation sites (N-methyl/N-ethyl adjacent to an activating group) is 1. The third kappa shape index (κ3) is 6.28. The van der Waals surface area contributed by atoms with Crippen LogP contribution in [0.1, 0.15) is 30.5 Å². The van der Waals surface area contributed by atoms with Gasteiger partial charge in [-0.25, -0.2) is 9.38 Å². The first-order chi connectivity index (χ1) is 17.4.